The van der Waals surface area contributed by atoms with E-state index < -0.39 is 0 Å². The maximum Gasteiger partial charge on any atom is 0.317 e. The lowest BCUT2D eigenvalue weighted by Crippen LogP contribution is -2.44. The van der Waals surface area contributed by atoms with E-state index in [1.54, 1.807) is 29.2 Å². The Morgan fingerprint density at radius 3 is 2.04 bits per heavy atom. The van der Waals surface area contributed by atoms with Crippen LogP contribution >= 0.6 is 0 Å². The molecule has 23 heavy (non-hydrogen) atoms. The number of carbonyl (C=O) groups is 3. The largest absolute Gasteiger partial charge is 0.336 e. The van der Waals surface area contributed by atoms with Crippen molar-refractivity contribution in [2.45, 2.75) is 26.7 Å². The molecule has 0 aliphatic carbocycles. The lowest BCUT2D eigenvalue weighted by molar-refractivity contribution is 0.0655. The van der Waals surface area contributed by atoms with Crippen LogP contribution in [-0.4, -0.2) is 53.8 Å². The first-order valence-electron chi connectivity index (χ1n) is 8.08. The molecule has 6 heteroatoms. The highest BCUT2D eigenvalue weighted by Crippen LogP contribution is 2.21. The third-order valence-corrected chi connectivity index (χ3v) is 3.76. The average Bonchev–Trinajstić information content (AvgIpc) is 2.80. The molecule has 0 fully saturated rings. The Kier molecular flexibility index (Phi) is 5.73. The van der Waals surface area contributed by atoms with Crippen LogP contribution in [0.25, 0.3) is 0 Å². The van der Waals surface area contributed by atoms with Crippen molar-refractivity contribution in [3.05, 3.63) is 35.4 Å². The predicted molar refractivity (Wildman–Crippen MR) is 87.4 cm³/mol. The van der Waals surface area contributed by atoms with Gasteiger partial charge in [0.15, 0.2) is 0 Å². The number of urea groups is 1. The standard InChI is InChI=1S/C17H23N3O3/c1-3-10-19(11-4-2)17(23)18-9-12-20-15(21)13-7-5-6-8-14(13)16(20)22/h5-8H,3-4,9-12H2,1-2H3,(H,18,23). The SMILES string of the molecule is CCCN(CCC)C(=O)NCCN1C(=O)c2ccccc2C1=O. The molecule has 1 aliphatic rings. The first kappa shape index (κ1) is 17.0. The quantitative estimate of drug-likeness (QED) is 0.783. The van der Waals surface area contributed by atoms with E-state index in [1.807, 2.05) is 13.8 Å². The summed E-state index contributed by atoms with van der Waals surface area (Å²) in [5, 5.41) is 2.79. The summed E-state index contributed by atoms with van der Waals surface area (Å²) in [6.45, 7) is 5.89. The molecule has 124 valence electrons. The number of benzene rings is 1. The van der Waals surface area contributed by atoms with Crippen LogP contribution in [0.5, 0.6) is 0 Å². The fourth-order valence-electron chi connectivity index (χ4n) is 2.68. The van der Waals surface area contributed by atoms with Gasteiger partial charge in [-0.05, 0) is 25.0 Å². The van der Waals surface area contributed by atoms with Gasteiger partial charge in [0.2, 0.25) is 0 Å². The molecule has 2 rings (SSSR count). The maximum atomic E-state index is 12.2. The summed E-state index contributed by atoms with van der Waals surface area (Å²) >= 11 is 0. The topological polar surface area (TPSA) is 69.7 Å². The number of amides is 4. The van der Waals surface area contributed by atoms with Crippen molar-refractivity contribution in [1.29, 1.82) is 0 Å². The van der Waals surface area contributed by atoms with Gasteiger partial charge in [-0.1, -0.05) is 26.0 Å². The van der Waals surface area contributed by atoms with E-state index in [1.165, 1.54) is 4.90 Å². The Hall–Kier alpha value is -2.37. The van der Waals surface area contributed by atoms with E-state index >= 15 is 0 Å². The molecule has 0 radical (unpaired) electrons. The van der Waals surface area contributed by atoms with E-state index in [4.69, 9.17) is 0 Å². The van der Waals surface area contributed by atoms with Crippen molar-refractivity contribution in [1.82, 2.24) is 15.1 Å². The molecule has 1 N–H and O–H groups in total. The predicted octanol–water partition coefficient (Wildman–Crippen LogP) is 2.11. The molecule has 0 saturated heterocycles. The molecule has 1 heterocycles. The summed E-state index contributed by atoms with van der Waals surface area (Å²) in [5.41, 5.74) is 0.866. The van der Waals surface area contributed by atoms with Crippen molar-refractivity contribution in [3.8, 4) is 0 Å². The molecule has 0 atom stereocenters. The maximum absolute atomic E-state index is 12.2. The highest BCUT2D eigenvalue weighted by molar-refractivity contribution is 6.21. The van der Waals surface area contributed by atoms with E-state index in [9.17, 15) is 14.4 Å². The number of imide groups is 1. The number of rotatable bonds is 7. The van der Waals surface area contributed by atoms with Crippen LogP contribution in [0, 0.1) is 0 Å². The van der Waals surface area contributed by atoms with Gasteiger partial charge in [0, 0.05) is 26.2 Å². The number of fused-ring (bicyclic) bond motifs is 1. The molecular formula is C17H23N3O3. The minimum atomic E-state index is -0.293. The zero-order valence-electron chi connectivity index (χ0n) is 13.7. The second-order valence-corrected chi connectivity index (χ2v) is 5.53. The number of carbonyl (C=O) groups excluding carboxylic acids is 3. The molecule has 6 nitrogen and oxygen atoms in total. The van der Waals surface area contributed by atoms with Gasteiger partial charge >= 0.3 is 6.03 Å². The van der Waals surface area contributed by atoms with Crippen molar-refractivity contribution < 1.29 is 14.4 Å². The number of nitrogens with one attached hydrogen (secondary N) is 1. The zero-order chi connectivity index (χ0) is 16.8. The van der Waals surface area contributed by atoms with Crippen LogP contribution in [-0.2, 0) is 0 Å². The second kappa shape index (κ2) is 7.76. The molecule has 0 spiro atoms. The van der Waals surface area contributed by atoms with E-state index in [-0.39, 0.29) is 30.9 Å². The van der Waals surface area contributed by atoms with Crippen molar-refractivity contribution in [3.63, 3.8) is 0 Å². The van der Waals surface area contributed by atoms with Crippen LogP contribution in [0.2, 0.25) is 0 Å². The normalized spacial score (nSPS) is 13.2. The van der Waals surface area contributed by atoms with Gasteiger partial charge in [-0.3, -0.25) is 14.5 Å². The van der Waals surface area contributed by atoms with Gasteiger partial charge in [-0.15, -0.1) is 0 Å². The van der Waals surface area contributed by atoms with Gasteiger partial charge in [0.25, 0.3) is 11.8 Å². The number of hydrogen-bond acceptors (Lipinski definition) is 3. The Balaban J connectivity index is 1.89. The average molecular weight is 317 g/mol. The smallest absolute Gasteiger partial charge is 0.317 e. The monoisotopic (exact) mass is 317 g/mol. The molecule has 1 aromatic rings. The lowest BCUT2D eigenvalue weighted by atomic mass is 10.1. The third kappa shape index (κ3) is 3.70. The Labute approximate surface area is 136 Å². The summed E-state index contributed by atoms with van der Waals surface area (Å²) < 4.78 is 0. The van der Waals surface area contributed by atoms with E-state index in [2.05, 4.69) is 5.32 Å². The molecule has 1 aliphatic heterocycles. The van der Waals surface area contributed by atoms with Crippen molar-refractivity contribution >= 4 is 17.8 Å². The summed E-state index contributed by atoms with van der Waals surface area (Å²) in [6, 6.07) is 6.63. The summed E-state index contributed by atoms with van der Waals surface area (Å²) in [5.74, 6) is -0.586. The molecule has 0 bridgehead atoms. The summed E-state index contributed by atoms with van der Waals surface area (Å²) in [4.78, 5) is 39.5. The molecule has 0 unspecified atom stereocenters. The van der Waals surface area contributed by atoms with Gasteiger partial charge in [-0.2, -0.15) is 0 Å². The second-order valence-electron chi connectivity index (χ2n) is 5.53. The fraction of sp³-hybridized carbons (Fsp3) is 0.471. The Bertz CT molecular complexity index is 560. The molecule has 0 saturated carbocycles. The van der Waals surface area contributed by atoms with E-state index in [0.717, 1.165) is 12.8 Å². The summed E-state index contributed by atoms with van der Waals surface area (Å²) in [7, 11) is 0. The first-order valence-corrected chi connectivity index (χ1v) is 8.08. The molecule has 1 aromatic carbocycles. The molecule has 0 aromatic heterocycles. The Morgan fingerprint density at radius 1 is 1.04 bits per heavy atom. The highest BCUT2D eigenvalue weighted by Gasteiger charge is 2.34. The minimum absolute atomic E-state index is 0.148. The van der Waals surface area contributed by atoms with Crippen LogP contribution in [0.4, 0.5) is 4.79 Å². The Morgan fingerprint density at radius 2 is 1.57 bits per heavy atom. The summed E-state index contributed by atoms with van der Waals surface area (Å²) in [6.07, 6.45) is 1.79. The van der Waals surface area contributed by atoms with Crippen molar-refractivity contribution in [2.75, 3.05) is 26.2 Å². The fourth-order valence-corrected chi connectivity index (χ4v) is 2.68. The molecule has 4 amide bonds. The van der Waals surface area contributed by atoms with Gasteiger partial charge in [0.05, 0.1) is 11.1 Å². The van der Waals surface area contributed by atoms with E-state index in [0.29, 0.717) is 24.2 Å². The van der Waals surface area contributed by atoms with Crippen LogP contribution in [0.1, 0.15) is 47.4 Å². The van der Waals surface area contributed by atoms with Gasteiger partial charge in [-0.25, -0.2) is 4.79 Å². The third-order valence-electron chi connectivity index (χ3n) is 3.76. The van der Waals surface area contributed by atoms with Crippen LogP contribution < -0.4 is 5.32 Å². The van der Waals surface area contributed by atoms with Crippen molar-refractivity contribution in [2.24, 2.45) is 0 Å². The first-order chi connectivity index (χ1) is 11.1. The lowest BCUT2D eigenvalue weighted by Gasteiger charge is -2.22. The van der Waals surface area contributed by atoms with Crippen LogP contribution in [0.15, 0.2) is 24.3 Å². The van der Waals surface area contributed by atoms with Gasteiger partial charge in [0.1, 0.15) is 0 Å². The number of hydrogen-bond donors (Lipinski definition) is 1. The minimum Gasteiger partial charge on any atom is -0.336 e. The number of nitrogens with zero attached hydrogens (tertiary/aromatic N) is 2. The highest BCUT2D eigenvalue weighted by atomic mass is 16.2. The zero-order valence-corrected chi connectivity index (χ0v) is 13.7. The molecular weight excluding hydrogens is 294 g/mol. The van der Waals surface area contributed by atoms with Gasteiger partial charge < -0.3 is 10.2 Å². The van der Waals surface area contributed by atoms with Crippen LogP contribution in [0.3, 0.4) is 0 Å².